The maximum atomic E-state index is 9.77. The first-order valence-corrected chi connectivity index (χ1v) is 4.87. The van der Waals surface area contributed by atoms with E-state index in [1.165, 1.54) is 14.2 Å². The average molecular weight is 222 g/mol. The number of methoxy groups -OCH3 is 4. The van der Waals surface area contributed by atoms with Crippen LogP contribution in [0.5, 0.6) is 0 Å². The summed E-state index contributed by atoms with van der Waals surface area (Å²) >= 11 is 0. The van der Waals surface area contributed by atoms with E-state index in [1.807, 2.05) is 6.92 Å². The fourth-order valence-corrected chi connectivity index (χ4v) is 1.50. The van der Waals surface area contributed by atoms with E-state index in [1.54, 1.807) is 14.2 Å². The number of hydrogen-bond acceptors (Lipinski definition) is 5. The monoisotopic (exact) mass is 222 g/mol. The van der Waals surface area contributed by atoms with Crippen LogP contribution >= 0.6 is 0 Å². The van der Waals surface area contributed by atoms with Gasteiger partial charge in [0.05, 0.1) is 12.7 Å². The molecule has 0 amide bonds. The van der Waals surface area contributed by atoms with Gasteiger partial charge in [0.25, 0.3) is 0 Å². The third-order valence-electron chi connectivity index (χ3n) is 2.42. The number of hydrogen-bond donors (Lipinski definition) is 1. The lowest BCUT2D eigenvalue weighted by Gasteiger charge is -2.31. The predicted molar refractivity (Wildman–Crippen MR) is 55.9 cm³/mol. The molecule has 0 heterocycles. The molecule has 5 heteroatoms. The Hall–Kier alpha value is -0.200. The summed E-state index contributed by atoms with van der Waals surface area (Å²) in [5, 5.41) is 9.77. The van der Waals surface area contributed by atoms with E-state index in [2.05, 4.69) is 0 Å². The molecule has 0 rings (SSSR count). The third-order valence-corrected chi connectivity index (χ3v) is 2.42. The zero-order valence-electron chi connectivity index (χ0n) is 10.1. The lowest BCUT2D eigenvalue weighted by atomic mass is 10.0. The molecule has 0 spiro atoms. The molecule has 0 fully saturated rings. The van der Waals surface area contributed by atoms with Crippen LogP contribution < -0.4 is 0 Å². The van der Waals surface area contributed by atoms with Crippen molar-refractivity contribution in [2.75, 3.05) is 35.0 Å². The van der Waals surface area contributed by atoms with Crippen molar-refractivity contribution < 1.29 is 24.1 Å². The Morgan fingerprint density at radius 2 is 1.47 bits per heavy atom. The molecule has 0 aromatic heterocycles. The van der Waals surface area contributed by atoms with Crippen molar-refractivity contribution in [1.29, 1.82) is 0 Å². The SMILES string of the molecule is COC[C@@H](O)[C@H](OC)[C@@H](OC)[C@H](C)OC. The van der Waals surface area contributed by atoms with Gasteiger partial charge in [0, 0.05) is 28.4 Å². The van der Waals surface area contributed by atoms with Crippen LogP contribution in [0, 0.1) is 0 Å². The number of rotatable bonds is 8. The summed E-state index contributed by atoms with van der Waals surface area (Å²) in [7, 11) is 6.20. The lowest BCUT2D eigenvalue weighted by Crippen LogP contribution is -2.48. The van der Waals surface area contributed by atoms with E-state index in [0.717, 1.165) is 0 Å². The van der Waals surface area contributed by atoms with Crippen molar-refractivity contribution in [1.82, 2.24) is 0 Å². The molecule has 0 aliphatic carbocycles. The Kier molecular flexibility index (Phi) is 7.90. The van der Waals surface area contributed by atoms with E-state index in [0.29, 0.717) is 0 Å². The van der Waals surface area contributed by atoms with Crippen LogP contribution in [-0.4, -0.2) is 64.6 Å². The quantitative estimate of drug-likeness (QED) is 0.629. The van der Waals surface area contributed by atoms with E-state index in [4.69, 9.17) is 18.9 Å². The van der Waals surface area contributed by atoms with E-state index in [-0.39, 0.29) is 18.8 Å². The Bertz CT molecular complexity index is 153. The molecule has 0 aromatic carbocycles. The molecule has 0 saturated heterocycles. The van der Waals surface area contributed by atoms with Gasteiger partial charge in [-0.25, -0.2) is 0 Å². The molecule has 4 atom stereocenters. The van der Waals surface area contributed by atoms with Crippen molar-refractivity contribution in [2.45, 2.75) is 31.3 Å². The topological polar surface area (TPSA) is 57.2 Å². The Balaban J connectivity index is 4.44. The zero-order chi connectivity index (χ0) is 11.8. The van der Waals surface area contributed by atoms with Crippen LogP contribution in [0.4, 0.5) is 0 Å². The van der Waals surface area contributed by atoms with Gasteiger partial charge in [0.2, 0.25) is 0 Å². The molecule has 0 aliphatic rings. The maximum Gasteiger partial charge on any atom is 0.114 e. The van der Waals surface area contributed by atoms with Gasteiger partial charge in [-0.15, -0.1) is 0 Å². The van der Waals surface area contributed by atoms with E-state index >= 15 is 0 Å². The molecule has 1 N–H and O–H groups in total. The second-order valence-corrected chi connectivity index (χ2v) is 3.36. The molecule has 0 bridgehead atoms. The fraction of sp³-hybridized carbons (Fsp3) is 1.00. The van der Waals surface area contributed by atoms with Gasteiger partial charge in [-0.1, -0.05) is 0 Å². The number of ether oxygens (including phenoxy) is 4. The smallest absolute Gasteiger partial charge is 0.114 e. The lowest BCUT2D eigenvalue weighted by molar-refractivity contribution is -0.147. The average Bonchev–Trinajstić information content (AvgIpc) is 2.24. The Morgan fingerprint density at radius 1 is 0.933 bits per heavy atom. The second kappa shape index (κ2) is 8.01. The van der Waals surface area contributed by atoms with Gasteiger partial charge in [0.15, 0.2) is 0 Å². The van der Waals surface area contributed by atoms with Gasteiger partial charge in [-0.2, -0.15) is 0 Å². The number of aliphatic hydroxyl groups excluding tert-OH is 1. The summed E-state index contributed by atoms with van der Waals surface area (Å²) in [5.41, 5.74) is 0. The summed E-state index contributed by atoms with van der Waals surface area (Å²) in [6.45, 7) is 2.06. The summed E-state index contributed by atoms with van der Waals surface area (Å²) < 4.78 is 20.5. The highest BCUT2D eigenvalue weighted by atomic mass is 16.6. The van der Waals surface area contributed by atoms with Gasteiger partial charge in [-0.05, 0) is 6.92 Å². The van der Waals surface area contributed by atoms with Gasteiger partial charge >= 0.3 is 0 Å². The summed E-state index contributed by atoms with van der Waals surface area (Å²) in [6.07, 6.45) is -1.69. The summed E-state index contributed by atoms with van der Waals surface area (Å²) in [5.74, 6) is 0. The normalized spacial score (nSPS) is 19.6. The van der Waals surface area contributed by atoms with Crippen LogP contribution in [0.15, 0.2) is 0 Å². The molecule has 5 nitrogen and oxygen atoms in total. The van der Waals surface area contributed by atoms with Crippen molar-refractivity contribution in [3.05, 3.63) is 0 Å². The standard InChI is InChI=1S/C10H22O5/c1-7(13-3)9(14-4)10(15-5)8(11)6-12-2/h7-11H,6H2,1-5H3/t7-,8+,9-,10-/m0/s1. The van der Waals surface area contributed by atoms with Crippen LogP contribution in [0.2, 0.25) is 0 Å². The van der Waals surface area contributed by atoms with Crippen molar-refractivity contribution in [3.8, 4) is 0 Å². The minimum atomic E-state index is -0.734. The fourth-order valence-electron chi connectivity index (χ4n) is 1.50. The number of aliphatic hydroxyl groups is 1. The zero-order valence-corrected chi connectivity index (χ0v) is 10.1. The highest BCUT2D eigenvalue weighted by Crippen LogP contribution is 2.14. The molecule has 0 aliphatic heterocycles. The largest absolute Gasteiger partial charge is 0.388 e. The van der Waals surface area contributed by atoms with Gasteiger partial charge in [0.1, 0.15) is 18.3 Å². The molecular formula is C10H22O5. The first kappa shape index (κ1) is 14.8. The van der Waals surface area contributed by atoms with Gasteiger partial charge < -0.3 is 24.1 Å². The third kappa shape index (κ3) is 4.44. The molecule has 92 valence electrons. The van der Waals surface area contributed by atoms with Gasteiger partial charge in [-0.3, -0.25) is 0 Å². The highest BCUT2D eigenvalue weighted by molar-refractivity contribution is 4.82. The Labute approximate surface area is 91.3 Å². The van der Waals surface area contributed by atoms with E-state index < -0.39 is 12.2 Å². The molecule has 0 aromatic rings. The van der Waals surface area contributed by atoms with Crippen LogP contribution in [0.3, 0.4) is 0 Å². The first-order valence-electron chi connectivity index (χ1n) is 4.87. The second-order valence-electron chi connectivity index (χ2n) is 3.36. The minimum Gasteiger partial charge on any atom is -0.388 e. The molecule has 15 heavy (non-hydrogen) atoms. The first-order chi connectivity index (χ1) is 7.12. The highest BCUT2D eigenvalue weighted by Gasteiger charge is 2.32. The van der Waals surface area contributed by atoms with Crippen LogP contribution in [0.25, 0.3) is 0 Å². The van der Waals surface area contributed by atoms with Crippen molar-refractivity contribution >= 4 is 0 Å². The Morgan fingerprint density at radius 3 is 1.80 bits per heavy atom. The minimum absolute atomic E-state index is 0.161. The summed E-state index contributed by atoms with van der Waals surface area (Å²) in [6, 6.07) is 0. The molecular weight excluding hydrogens is 200 g/mol. The van der Waals surface area contributed by atoms with Crippen LogP contribution in [-0.2, 0) is 18.9 Å². The molecule has 0 radical (unpaired) electrons. The van der Waals surface area contributed by atoms with E-state index in [9.17, 15) is 5.11 Å². The maximum absolute atomic E-state index is 9.77. The van der Waals surface area contributed by atoms with Crippen molar-refractivity contribution in [3.63, 3.8) is 0 Å². The predicted octanol–water partition coefficient (Wildman–Crippen LogP) is 0.0586. The van der Waals surface area contributed by atoms with Crippen LogP contribution in [0.1, 0.15) is 6.92 Å². The summed E-state index contributed by atoms with van der Waals surface area (Å²) in [4.78, 5) is 0. The molecule has 0 unspecified atom stereocenters. The molecule has 0 saturated carbocycles. The van der Waals surface area contributed by atoms with Crippen molar-refractivity contribution in [2.24, 2.45) is 0 Å².